The van der Waals surface area contributed by atoms with Gasteiger partial charge < -0.3 is 10.1 Å². The van der Waals surface area contributed by atoms with E-state index >= 15 is 0 Å². The highest BCUT2D eigenvalue weighted by atomic mass is 16.5. The molecular weight excluding hydrogens is 302 g/mol. The molecule has 2 aromatic carbocycles. The smallest absolute Gasteiger partial charge is 0.338 e. The van der Waals surface area contributed by atoms with Crippen LogP contribution in [0, 0.1) is 0 Å². The minimum Gasteiger partial charge on any atom is -0.462 e. The summed E-state index contributed by atoms with van der Waals surface area (Å²) in [5, 5.41) is 2.80. The second kappa shape index (κ2) is 9.50. The molecule has 0 saturated carbocycles. The Balaban J connectivity index is 1.84. The zero-order valence-corrected chi connectivity index (χ0v) is 14.0. The van der Waals surface area contributed by atoms with Gasteiger partial charge in [0.25, 0.3) is 5.91 Å². The Morgan fingerprint density at radius 3 is 2.25 bits per heavy atom. The lowest BCUT2D eigenvalue weighted by atomic mass is 10.2. The fraction of sp³-hybridized carbons (Fsp3) is 0.300. The lowest BCUT2D eigenvalue weighted by Gasteiger charge is -2.07. The second-order valence-electron chi connectivity index (χ2n) is 5.59. The summed E-state index contributed by atoms with van der Waals surface area (Å²) in [5.74, 6) is -0.505. The number of nitrogens with one attached hydrogen (secondary N) is 1. The fourth-order valence-electron chi connectivity index (χ4n) is 2.26. The predicted octanol–water partition coefficient (Wildman–Crippen LogP) is 4.68. The SMILES string of the molecule is CCCCCCOC(=O)c1ccc(NC(=O)c2ccccc2)cc1. The summed E-state index contributed by atoms with van der Waals surface area (Å²) in [5.41, 5.74) is 1.72. The highest BCUT2D eigenvalue weighted by molar-refractivity contribution is 6.04. The maximum Gasteiger partial charge on any atom is 0.338 e. The number of carbonyl (C=O) groups excluding carboxylic acids is 2. The Morgan fingerprint density at radius 1 is 0.875 bits per heavy atom. The van der Waals surface area contributed by atoms with E-state index in [0.29, 0.717) is 23.4 Å². The lowest BCUT2D eigenvalue weighted by Crippen LogP contribution is -2.12. The highest BCUT2D eigenvalue weighted by Crippen LogP contribution is 2.12. The molecular formula is C20H23NO3. The second-order valence-corrected chi connectivity index (χ2v) is 5.59. The van der Waals surface area contributed by atoms with Gasteiger partial charge >= 0.3 is 5.97 Å². The molecule has 1 N–H and O–H groups in total. The van der Waals surface area contributed by atoms with Crippen molar-refractivity contribution in [2.45, 2.75) is 32.6 Å². The number of hydrogen-bond donors (Lipinski definition) is 1. The van der Waals surface area contributed by atoms with Crippen LogP contribution in [0.4, 0.5) is 5.69 Å². The van der Waals surface area contributed by atoms with Crippen LogP contribution in [-0.2, 0) is 4.74 Å². The van der Waals surface area contributed by atoms with E-state index in [4.69, 9.17) is 4.74 Å². The molecule has 0 unspecified atom stereocenters. The van der Waals surface area contributed by atoms with E-state index in [-0.39, 0.29) is 11.9 Å². The summed E-state index contributed by atoms with van der Waals surface area (Å²) in [6.45, 7) is 2.59. The predicted molar refractivity (Wildman–Crippen MR) is 95.3 cm³/mol. The molecule has 0 heterocycles. The van der Waals surface area contributed by atoms with Gasteiger partial charge in [0.1, 0.15) is 0 Å². The van der Waals surface area contributed by atoms with Crippen molar-refractivity contribution in [2.75, 3.05) is 11.9 Å². The van der Waals surface area contributed by atoms with Gasteiger partial charge in [-0.25, -0.2) is 4.79 Å². The molecule has 4 nitrogen and oxygen atoms in total. The molecule has 0 aromatic heterocycles. The Hall–Kier alpha value is -2.62. The lowest BCUT2D eigenvalue weighted by molar-refractivity contribution is 0.0498. The normalized spacial score (nSPS) is 10.2. The average molecular weight is 325 g/mol. The first kappa shape index (κ1) is 17.7. The minimum absolute atomic E-state index is 0.179. The third-order valence-electron chi connectivity index (χ3n) is 3.65. The molecule has 0 spiro atoms. The van der Waals surface area contributed by atoms with Gasteiger partial charge in [0.15, 0.2) is 0 Å². The van der Waals surface area contributed by atoms with Crippen LogP contribution in [0.5, 0.6) is 0 Å². The van der Waals surface area contributed by atoms with Crippen molar-refractivity contribution < 1.29 is 14.3 Å². The van der Waals surface area contributed by atoms with Crippen molar-refractivity contribution >= 4 is 17.6 Å². The summed E-state index contributed by atoms with van der Waals surface area (Å²) in [6, 6.07) is 15.7. The first-order valence-corrected chi connectivity index (χ1v) is 8.34. The standard InChI is InChI=1S/C20H23NO3/c1-2-3-4-8-15-24-20(23)17-11-13-18(14-12-17)21-19(22)16-9-6-5-7-10-16/h5-7,9-14H,2-4,8,15H2,1H3,(H,21,22). The van der Waals surface area contributed by atoms with Crippen molar-refractivity contribution in [3.8, 4) is 0 Å². The largest absolute Gasteiger partial charge is 0.462 e. The van der Waals surface area contributed by atoms with Crippen molar-refractivity contribution in [3.63, 3.8) is 0 Å². The van der Waals surface area contributed by atoms with Crippen LogP contribution in [0.1, 0.15) is 53.3 Å². The number of benzene rings is 2. The number of amides is 1. The molecule has 0 radical (unpaired) electrons. The van der Waals surface area contributed by atoms with Crippen LogP contribution < -0.4 is 5.32 Å². The topological polar surface area (TPSA) is 55.4 Å². The van der Waals surface area contributed by atoms with Crippen molar-refractivity contribution in [1.29, 1.82) is 0 Å². The Morgan fingerprint density at radius 2 is 1.58 bits per heavy atom. The number of unbranched alkanes of at least 4 members (excludes halogenated alkanes) is 3. The molecule has 126 valence electrons. The third kappa shape index (κ3) is 5.54. The molecule has 2 aromatic rings. The highest BCUT2D eigenvalue weighted by Gasteiger charge is 2.08. The van der Waals surface area contributed by atoms with Gasteiger partial charge in [-0.15, -0.1) is 0 Å². The zero-order valence-electron chi connectivity index (χ0n) is 14.0. The Kier molecular flexibility index (Phi) is 7.02. The first-order chi connectivity index (χ1) is 11.7. The van der Waals surface area contributed by atoms with E-state index < -0.39 is 0 Å². The molecule has 4 heteroatoms. The van der Waals surface area contributed by atoms with Crippen LogP contribution in [0.3, 0.4) is 0 Å². The van der Waals surface area contributed by atoms with Gasteiger partial charge in [0.2, 0.25) is 0 Å². The van der Waals surface area contributed by atoms with Gasteiger partial charge in [0.05, 0.1) is 12.2 Å². The average Bonchev–Trinajstić information content (AvgIpc) is 2.62. The van der Waals surface area contributed by atoms with E-state index in [1.54, 1.807) is 36.4 Å². The number of anilines is 1. The Labute approximate surface area is 142 Å². The maximum atomic E-state index is 12.1. The number of ether oxygens (including phenoxy) is 1. The molecule has 0 aliphatic rings. The molecule has 0 saturated heterocycles. The number of hydrogen-bond acceptors (Lipinski definition) is 3. The van der Waals surface area contributed by atoms with Crippen molar-refractivity contribution in [2.24, 2.45) is 0 Å². The zero-order chi connectivity index (χ0) is 17.2. The molecule has 0 aliphatic heterocycles. The maximum absolute atomic E-state index is 12.1. The molecule has 1 amide bonds. The van der Waals surface area contributed by atoms with Gasteiger partial charge in [-0.3, -0.25) is 4.79 Å². The third-order valence-corrected chi connectivity index (χ3v) is 3.65. The molecule has 0 aliphatic carbocycles. The number of rotatable bonds is 8. The summed E-state index contributed by atoms with van der Waals surface area (Å²) >= 11 is 0. The Bertz CT molecular complexity index is 650. The molecule has 0 bridgehead atoms. The van der Waals surface area contributed by atoms with Crippen LogP contribution in [-0.4, -0.2) is 18.5 Å². The van der Waals surface area contributed by atoms with E-state index in [0.717, 1.165) is 25.7 Å². The van der Waals surface area contributed by atoms with E-state index in [2.05, 4.69) is 12.2 Å². The van der Waals surface area contributed by atoms with E-state index in [9.17, 15) is 9.59 Å². The quantitative estimate of drug-likeness (QED) is 0.566. The van der Waals surface area contributed by atoms with E-state index in [1.165, 1.54) is 0 Å². The van der Waals surface area contributed by atoms with Gasteiger partial charge in [-0.1, -0.05) is 44.4 Å². The first-order valence-electron chi connectivity index (χ1n) is 8.34. The molecule has 0 fully saturated rings. The van der Waals surface area contributed by atoms with Crippen molar-refractivity contribution in [1.82, 2.24) is 0 Å². The summed E-state index contributed by atoms with van der Waals surface area (Å²) < 4.78 is 5.24. The summed E-state index contributed by atoms with van der Waals surface area (Å²) in [6.07, 6.45) is 4.29. The van der Waals surface area contributed by atoms with E-state index in [1.807, 2.05) is 18.2 Å². The van der Waals surface area contributed by atoms with Gasteiger partial charge in [-0.05, 0) is 42.8 Å². The van der Waals surface area contributed by atoms with Crippen LogP contribution in [0.25, 0.3) is 0 Å². The molecule has 0 atom stereocenters. The fourth-order valence-corrected chi connectivity index (χ4v) is 2.26. The van der Waals surface area contributed by atoms with Crippen LogP contribution in [0.2, 0.25) is 0 Å². The summed E-state index contributed by atoms with van der Waals surface area (Å²) in [4.78, 5) is 24.0. The monoisotopic (exact) mass is 325 g/mol. The minimum atomic E-state index is -0.326. The van der Waals surface area contributed by atoms with Crippen molar-refractivity contribution in [3.05, 3.63) is 65.7 Å². The number of esters is 1. The van der Waals surface area contributed by atoms with Gasteiger partial charge in [0, 0.05) is 11.3 Å². The van der Waals surface area contributed by atoms with Crippen LogP contribution in [0.15, 0.2) is 54.6 Å². The van der Waals surface area contributed by atoms with Crippen LogP contribution >= 0.6 is 0 Å². The summed E-state index contributed by atoms with van der Waals surface area (Å²) in [7, 11) is 0. The van der Waals surface area contributed by atoms with Gasteiger partial charge in [-0.2, -0.15) is 0 Å². The number of carbonyl (C=O) groups is 2. The molecule has 24 heavy (non-hydrogen) atoms. The molecule has 2 rings (SSSR count).